The molecule has 1 heterocycles. The Morgan fingerprint density at radius 1 is 1.32 bits per heavy atom. The van der Waals surface area contributed by atoms with Crippen molar-refractivity contribution < 1.29 is 5.11 Å². The molecule has 0 spiro atoms. The average molecular weight is 302 g/mol. The van der Waals surface area contributed by atoms with Gasteiger partial charge in [0.1, 0.15) is 0 Å². The van der Waals surface area contributed by atoms with E-state index in [2.05, 4.69) is 5.32 Å². The first-order valence-corrected chi connectivity index (χ1v) is 7.62. The number of piperidine rings is 1. The molecular formula is C15H21Cl2NO. The topological polar surface area (TPSA) is 32.3 Å². The Hall–Kier alpha value is -0.280. The van der Waals surface area contributed by atoms with Crippen LogP contribution >= 0.6 is 23.2 Å². The van der Waals surface area contributed by atoms with E-state index in [9.17, 15) is 5.11 Å². The average Bonchev–Trinajstić information content (AvgIpc) is 2.35. The van der Waals surface area contributed by atoms with Gasteiger partial charge in [-0.1, -0.05) is 35.7 Å². The predicted molar refractivity (Wildman–Crippen MR) is 81.0 cm³/mol. The second-order valence-electron chi connectivity index (χ2n) is 5.72. The van der Waals surface area contributed by atoms with E-state index < -0.39 is 5.60 Å². The Morgan fingerprint density at radius 2 is 2.00 bits per heavy atom. The smallest absolute Gasteiger partial charge is 0.0675 e. The van der Waals surface area contributed by atoms with Gasteiger partial charge in [0.2, 0.25) is 0 Å². The summed E-state index contributed by atoms with van der Waals surface area (Å²) in [5, 5.41) is 15.3. The van der Waals surface area contributed by atoms with Gasteiger partial charge >= 0.3 is 0 Å². The number of halogens is 2. The van der Waals surface area contributed by atoms with Crippen molar-refractivity contribution in [2.24, 2.45) is 0 Å². The number of hydrogen-bond acceptors (Lipinski definition) is 2. The van der Waals surface area contributed by atoms with Crippen molar-refractivity contribution in [2.75, 3.05) is 6.54 Å². The molecule has 1 saturated heterocycles. The molecule has 2 unspecified atom stereocenters. The highest BCUT2D eigenvalue weighted by molar-refractivity contribution is 6.36. The van der Waals surface area contributed by atoms with Crippen LogP contribution in [0, 0.1) is 0 Å². The highest BCUT2D eigenvalue weighted by Gasteiger charge is 2.28. The van der Waals surface area contributed by atoms with E-state index in [1.54, 1.807) is 0 Å². The number of hydrogen-bond donors (Lipinski definition) is 2. The first-order valence-electron chi connectivity index (χ1n) is 6.86. The lowest BCUT2D eigenvalue weighted by Gasteiger charge is -2.32. The van der Waals surface area contributed by atoms with Gasteiger partial charge in [-0.25, -0.2) is 0 Å². The van der Waals surface area contributed by atoms with Crippen molar-refractivity contribution in [2.45, 2.75) is 50.7 Å². The zero-order valence-electron chi connectivity index (χ0n) is 11.3. The summed E-state index contributed by atoms with van der Waals surface area (Å²) in [6.45, 7) is 2.91. The van der Waals surface area contributed by atoms with Crippen molar-refractivity contribution in [3.63, 3.8) is 0 Å². The minimum Gasteiger partial charge on any atom is -0.390 e. The van der Waals surface area contributed by atoms with E-state index in [1.807, 2.05) is 25.1 Å². The van der Waals surface area contributed by atoms with Crippen LogP contribution in [0.4, 0.5) is 0 Å². The molecule has 0 amide bonds. The molecule has 1 aromatic carbocycles. The second-order valence-corrected chi connectivity index (χ2v) is 6.54. The number of aliphatic hydroxyl groups is 1. The SMILES string of the molecule is CC(O)(Cc1c(Cl)cccc1Cl)CC1CCCCN1. The van der Waals surface area contributed by atoms with Crippen LogP contribution in [0.15, 0.2) is 18.2 Å². The minimum absolute atomic E-state index is 0.394. The minimum atomic E-state index is -0.788. The standard InChI is InChI=1S/C15H21Cl2NO/c1-15(19,9-11-5-2-3-8-18-11)10-12-13(16)6-4-7-14(12)17/h4,6-7,11,18-19H,2-3,5,8-10H2,1H3. The normalized spacial score (nSPS) is 23.1. The van der Waals surface area contributed by atoms with Crippen LogP contribution in [0.2, 0.25) is 10.0 Å². The number of benzene rings is 1. The van der Waals surface area contributed by atoms with Crippen molar-refractivity contribution in [1.29, 1.82) is 0 Å². The Balaban J connectivity index is 2.03. The zero-order valence-corrected chi connectivity index (χ0v) is 12.8. The van der Waals surface area contributed by atoms with Gasteiger partial charge in [0.25, 0.3) is 0 Å². The summed E-state index contributed by atoms with van der Waals surface area (Å²) < 4.78 is 0. The van der Waals surface area contributed by atoms with Crippen LogP contribution < -0.4 is 5.32 Å². The maximum absolute atomic E-state index is 10.6. The number of nitrogens with one attached hydrogen (secondary N) is 1. The van der Waals surface area contributed by atoms with Crippen LogP contribution in [0.25, 0.3) is 0 Å². The molecule has 1 aliphatic heterocycles. The molecule has 0 aromatic heterocycles. The van der Waals surface area contributed by atoms with Gasteiger partial charge in [0.05, 0.1) is 5.60 Å². The van der Waals surface area contributed by atoms with E-state index in [0.29, 0.717) is 22.5 Å². The summed E-state index contributed by atoms with van der Waals surface area (Å²) in [6, 6.07) is 5.85. The summed E-state index contributed by atoms with van der Waals surface area (Å²) in [5.74, 6) is 0. The van der Waals surface area contributed by atoms with E-state index in [4.69, 9.17) is 23.2 Å². The Kier molecular flexibility index (Phi) is 5.13. The molecule has 19 heavy (non-hydrogen) atoms. The van der Waals surface area contributed by atoms with Crippen LogP contribution in [0.5, 0.6) is 0 Å². The van der Waals surface area contributed by atoms with E-state index in [0.717, 1.165) is 24.9 Å². The number of rotatable bonds is 4. The molecule has 2 atom stereocenters. The van der Waals surface area contributed by atoms with Gasteiger partial charge in [0, 0.05) is 22.5 Å². The maximum Gasteiger partial charge on any atom is 0.0675 e. The quantitative estimate of drug-likeness (QED) is 0.886. The molecule has 0 bridgehead atoms. The van der Waals surface area contributed by atoms with Crippen molar-refractivity contribution in [1.82, 2.24) is 5.32 Å². The van der Waals surface area contributed by atoms with Crippen LogP contribution in [0.3, 0.4) is 0 Å². The molecule has 1 aromatic rings. The molecule has 0 saturated carbocycles. The lowest BCUT2D eigenvalue weighted by molar-refractivity contribution is 0.0371. The van der Waals surface area contributed by atoms with E-state index in [1.165, 1.54) is 12.8 Å². The summed E-state index contributed by atoms with van der Waals surface area (Å²) >= 11 is 12.3. The Morgan fingerprint density at radius 3 is 2.58 bits per heavy atom. The van der Waals surface area contributed by atoms with Crippen molar-refractivity contribution >= 4 is 23.2 Å². The molecule has 1 aliphatic rings. The summed E-state index contributed by atoms with van der Waals surface area (Å²) in [7, 11) is 0. The fourth-order valence-corrected chi connectivity index (χ4v) is 3.31. The molecule has 1 fully saturated rings. The Labute approximate surface area is 125 Å². The van der Waals surface area contributed by atoms with Crippen molar-refractivity contribution in [3.05, 3.63) is 33.8 Å². The van der Waals surface area contributed by atoms with E-state index >= 15 is 0 Å². The third-order valence-electron chi connectivity index (χ3n) is 3.72. The van der Waals surface area contributed by atoms with Crippen molar-refractivity contribution in [3.8, 4) is 0 Å². The fraction of sp³-hybridized carbons (Fsp3) is 0.600. The van der Waals surface area contributed by atoms with E-state index in [-0.39, 0.29) is 0 Å². The molecule has 0 aliphatic carbocycles. The molecule has 2 nitrogen and oxygen atoms in total. The monoisotopic (exact) mass is 301 g/mol. The molecule has 4 heteroatoms. The lowest BCUT2D eigenvalue weighted by Crippen LogP contribution is -2.42. The maximum atomic E-state index is 10.6. The first-order chi connectivity index (χ1) is 8.98. The van der Waals surface area contributed by atoms with Crippen LogP contribution in [0.1, 0.15) is 38.2 Å². The van der Waals surface area contributed by atoms with Gasteiger partial charge < -0.3 is 10.4 Å². The molecule has 2 rings (SSSR count). The Bertz CT molecular complexity index is 408. The summed E-state index contributed by atoms with van der Waals surface area (Å²) in [5.41, 5.74) is 0.0514. The first kappa shape index (κ1) is 15.1. The zero-order chi connectivity index (χ0) is 13.9. The van der Waals surface area contributed by atoms with Gasteiger partial charge in [-0.3, -0.25) is 0 Å². The van der Waals surface area contributed by atoms with Gasteiger partial charge in [-0.2, -0.15) is 0 Å². The summed E-state index contributed by atoms with van der Waals surface area (Å²) in [4.78, 5) is 0. The second kappa shape index (κ2) is 6.45. The van der Waals surface area contributed by atoms with Crippen LogP contribution in [-0.4, -0.2) is 23.3 Å². The molecule has 0 radical (unpaired) electrons. The molecular weight excluding hydrogens is 281 g/mol. The summed E-state index contributed by atoms with van der Waals surface area (Å²) in [6.07, 6.45) is 4.82. The van der Waals surface area contributed by atoms with Gasteiger partial charge in [-0.05, 0) is 50.4 Å². The highest BCUT2D eigenvalue weighted by atomic mass is 35.5. The largest absolute Gasteiger partial charge is 0.390 e. The van der Waals surface area contributed by atoms with Crippen LogP contribution in [-0.2, 0) is 6.42 Å². The third kappa shape index (κ3) is 4.35. The predicted octanol–water partition coefficient (Wildman–Crippen LogP) is 3.82. The fourth-order valence-electron chi connectivity index (χ4n) is 2.78. The molecule has 2 N–H and O–H groups in total. The third-order valence-corrected chi connectivity index (χ3v) is 4.43. The molecule has 106 valence electrons. The van der Waals surface area contributed by atoms with Gasteiger partial charge in [0.15, 0.2) is 0 Å². The lowest BCUT2D eigenvalue weighted by atomic mass is 9.87. The van der Waals surface area contributed by atoms with Gasteiger partial charge in [-0.15, -0.1) is 0 Å². The highest BCUT2D eigenvalue weighted by Crippen LogP contribution is 2.30.